The Labute approximate surface area is 175 Å². The van der Waals surface area contributed by atoms with Crippen LogP contribution in [0, 0.1) is 0 Å². The van der Waals surface area contributed by atoms with Gasteiger partial charge in [-0.25, -0.2) is 0 Å². The Hall–Kier alpha value is -2.67. The minimum Gasteiger partial charge on any atom is -0.456 e. The summed E-state index contributed by atoms with van der Waals surface area (Å²) in [5.74, 6) is -0.611. The summed E-state index contributed by atoms with van der Waals surface area (Å²) in [5, 5.41) is 7.36. The van der Waals surface area contributed by atoms with Crippen molar-refractivity contribution in [1.82, 2.24) is 10.6 Å². The molecule has 1 aromatic carbocycles. The molecule has 0 aliphatic rings. The number of ether oxygens (including phenoxy) is 1. The Morgan fingerprint density at radius 3 is 2.41 bits per heavy atom. The highest BCUT2D eigenvalue weighted by molar-refractivity contribution is 7.10. The van der Waals surface area contributed by atoms with E-state index in [0.717, 1.165) is 10.4 Å². The molecule has 2 aromatic rings. The van der Waals surface area contributed by atoms with Gasteiger partial charge in [0, 0.05) is 18.3 Å². The van der Waals surface area contributed by atoms with E-state index in [-0.39, 0.29) is 24.8 Å². The van der Waals surface area contributed by atoms with Crippen molar-refractivity contribution in [3.8, 4) is 0 Å². The van der Waals surface area contributed by atoms with Gasteiger partial charge < -0.3 is 15.4 Å². The van der Waals surface area contributed by atoms with Crippen LogP contribution in [0.3, 0.4) is 0 Å². The lowest BCUT2D eigenvalue weighted by atomic mass is 10.0. The van der Waals surface area contributed by atoms with Gasteiger partial charge in [0.25, 0.3) is 5.91 Å². The largest absolute Gasteiger partial charge is 0.456 e. The lowest BCUT2D eigenvalue weighted by Crippen LogP contribution is -2.32. The number of esters is 1. The van der Waals surface area contributed by atoms with Crippen LogP contribution < -0.4 is 10.6 Å². The molecule has 0 aliphatic carbocycles. The molecule has 2 amide bonds. The van der Waals surface area contributed by atoms with Crippen LogP contribution in [0.2, 0.25) is 0 Å². The third-order valence-corrected chi connectivity index (χ3v) is 5.37. The summed E-state index contributed by atoms with van der Waals surface area (Å²) in [6, 6.07) is 11.6. The van der Waals surface area contributed by atoms with E-state index >= 15 is 0 Å². The molecule has 156 valence electrons. The molecule has 0 aliphatic heterocycles. The van der Waals surface area contributed by atoms with Crippen molar-refractivity contribution in [3.05, 3.63) is 57.8 Å². The van der Waals surface area contributed by atoms with Crippen molar-refractivity contribution in [1.29, 1.82) is 0 Å². The molecule has 0 radical (unpaired) electrons. The average molecular weight is 417 g/mol. The fourth-order valence-corrected chi connectivity index (χ4v) is 3.57. The summed E-state index contributed by atoms with van der Waals surface area (Å²) in [4.78, 5) is 36.2. The maximum absolute atomic E-state index is 12.1. The highest BCUT2D eigenvalue weighted by Crippen LogP contribution is 2.22. The second kappa shape index (κ2) is 11.4. The maximum atomic E-state index is 12.1. The molecule has 29 heavy (non-hydrogen) atoms. The number of nitrogens with one attached hydrogen (secondary N) is 2. The predicted molar refractivity (Wildman–Crippen MR) is 114 cm³/mol. The molecule has 7 heteroatoms. The molecular weight excluding hydrogens is 388 g/mol. The third-order valence-electron chi connectivity index (χ3n) is 4.38. The number of thiophene rings is 1. The first-order chi connectivity index (χ1) is 13.8. The van der Waals surface area contributed by atoms with Crippen molar-refractivity contribution in [2.24, 2.45) is 0 Å². The van der Waals surface area contributed by atoms with E-state index in [1.165, 1.54) is 23.8 Å². The third kappa shape index (κ3) is 8.07. The van der Waals surface area contributed by atoms with Crippen molar-refractivity contribution in [3.63, 3.8) is 0 Å². The van der Waals surface area contributed by atoms with Crippen molar-refractivity contribution in [2.45, 2.75) is 45.6 Å². The number of carbonyl (C=O) groups excluding carboxylic acids is 3. The molecule has 1 heterocycles. The number of amides is 2. The van der Waals surface area contributed by atoms with Crippen molar-refractivity contribution >= 4 is 29.1 Å². The van der Waals surface area contributed by atoms with Gasteiger partial charge in [0.15, 0.2) is 6.61 Å². The van der Waals surface area contributed by atoms with Crippen LogP contribution in [0.5, 0.6) is 0 Å². The predicted octanol–water partition coefficient (Wildman–Crippen LogP) is 3.34. The van der Waals surface area contributed by atoms with Crippen LogP contribution >= 0.6 is 11.3 Å². The molecule has 0 saturated heterocycles. The number of hydrogen-bond acceptors (Lipinski definition) is 5. The van der Waals surface area contributed by atoms with E-state index in [4.69, 9.17) is 4.74 Å². The van der Waals surface area contributed by atoms with Gasteiger partial charge in [-0.3, -0.25) is 14.4 Å². The van der Waals surface area contributed by atoms with Crippen LogP contribution in [0.15, 0.2) is 41.8 Å². The Kier molecular flexibility index (Phi) is 8.86. The Balaban J connectivity index is 1.70. The molecule has 1 aromatic heterocycles. The topological polar surface area (TPSA) is 84.5 Å². The zero-order chi connectivity index (χ0) is 21.2. The van der Waals surface area contributed by atoms with Gasteiger partial charge in [-0.05, 0) is 34.9 Å². The van der Waals surface area contributed by atoms with E-state index in [9.17, 15) is 14.4 Å². The summed E-state index contributed by atoms with van der Waals surface area (Å²) in [5.41, 5.74) is 2.42. The van der Waals surface area contributed by atoms with Crippen LogP contribution in [-0.2, 0) is 25.5 Å². The van der Waals surface area contributed by atoms with Gasteiger partial charge in [0.05, 0.1) is 12.5 Å². The van der Waals surface area contributed by atoms with E-state index in [2.05, 4.69) is 48.7 Å². The Morgan fingerprint density at radius 2 is 1.83 bits per heavy atom. The smallest absolute Gasteiger partial charge is 0.308 e. The lowest BCUT2D eigenvalue weighted by molar-refractivity contribution is -0.149. The van der Waals surface area contributed by atoms with Crippen LogP contribution in [0.4, 0.5) is 0 Å². The molecule has 0 fully saturated rings. The fourth-order valence-electron chi connectivity index (χ4n) is 2.80. The highest BCUT2D eigenvalue weighted by atomic mass is 32.1. The Bertz CT molecular complexity index is 801. The van der Waals surface area contributed by atoms with Gasteiger partial charge in [-0.2, -0.15) is 0 Å². The van der Waals surface area contributed by atoms with Gasteiger partial charge in [0.1, 0.15) is 0 Å². The highest BCUT2D eigenvalue weighted by Gasteiger charge is 2.19. The van der Waals surface area contributed by atoms with Crippen LogP contribution in [-0.4, -0.2) is 30.9 Å². The van der Waals surface area contributed by atoms with Crippen molar-refractivity contribution in [2.75, 3.05) is 13.2 Å². The average Bonchev–Trinajstić information content (AvgIpc) is 3.21. The molecule has 1 atom stereocenters. The summed E-state index contributed by atoms with van der Waals surface area (Å²) in [7, 11) is 0. The quantitative estimate of drug-likeness (QED) is 0.582. The molecule has 6 nitrogen and oxygen atoms in total. The first-order valence-electron chi connectivity index (χ1n) is 9.66. The van der Waals surface area contributed by atoms with E-state index in [0.29, 0.717) is 18.9 Å². The maximum Gasteiger partial charge on any atom is 0.308 e. The fraction of sp³-hybridized carbons (Fsp3) is 0.409. The lowest BCUT2D eigenvalue weighted by Gasteiger charge is -2.15. The van der Waals surface area contributed by atoms with E-state index in [1.807, 2.05) is 17.5 Å². The number of hydrogen-bond donors (Lipinski definition) is 2. The first-order valence-corrected chi connectivity index (χ1v) is 10.5. The van der Waals surface area contributed by atoms with Crippen LogP contribution in [0.25, 0.3) is 0 Å². The molecule has 2 rings (SSSR count). The SMILES string of the molecule is CC(=O)NC(CC(=O)OCC(=O)NCCc1ccc(C(C)C)cc1)c1cccs1. The zero-order valence-electron chi connectivity index (χ0n) is 17.1. The summed E-state index contributed by atoms with van der Waals surface area (Å²) < 4.78 is 5.06. The van der Waals surface area contributed by atoms with Gasteiger partial charge in [-0.1, -0.05) is 44.2 Å². The van der Waals surface area contributed by atoms with E-state index < -0.39 is 12.0 Å². The summed E-state index contributed by atoms with van der Waals surface area (Å²) in [6.07, 6.45) is 0.691. The zero-order valence-corrected chi connectivity index (χ0v) is 17.9. The molecule has 1 unspecified atom stereocenters. The number of rotatable bonds is 10. The Morgan fingerprint density at radius 1 is 1.10 bits per heavy atom. The molecule has 0 spiro atoms. The monoisotopic (exact) mass is 416 g/mol. The van der Waals surface area contributed by atoms with Gasteiger partial charge in [0.2, 0.25) is 5.91 Å². The minimum atomic E-state index is -0.531. The summed E-state index contributed by atoms with van der Waals surface area (Å²) in [6.45, 7) is 5.84. The van der Waals surface area contributed by atoms with Gasteiger partial charge in [-0.15, -0.1) is 11.3 Å². The van der Waals surface area contributed by atoms with E-state index in [1.54, 1.807) is 0 Å². The minimum absolute atomic E-state index is 0.0183. The standard InChI is InChI=1S/C22H28N2O4S/c1-15(2)18-8-6-17(7-9-18)10-11-23-21(26)14-28-22(27)13-19(24-16(3)25)20-5-4-12-29-20/h4-9,12,15,19H,10-11,13-14H2,1-3H3,(H,23,26)(H,24,25). The molecular formula is C22H28N2O4S. The first kappa shape index (κ1) is 22.6. The summed E-state index contributed by atoms with van der Waals surface area (Å²) >= 11 is 1.45. The molecule has 0 bridgehead atoms. The van der Waals surface area contributed by atoms with Crippen LogP contribution in [0.1, 0.15) is 55.2 Å². The second-order valence-electron chi connectivity index (χ2n) is 7.13. The number of carbonyl (C=O) groups is 3. The second-order valence-corrected chi connectivity index (χ2v) is 8.11. The molecule has 0 saturated carbocycles. The van der Waals surface area contributed by atoms with Gasteiger partial charge >= 0.3 is 5.97 Å². The normalized spacial score (nSPS) is 11.7. The number of benzene rings is 1. The molecule has 2 N–H and O–H groups in total. The van der Waals surface area contributed by atoms with Crippen molar-refractivity contribution < 1.29 is 19.1 Å².